The lowest BCUT2D eigenvalue weighted by atomic mass is 10.2. The van der Waals surface area contributed by atoms with Gasteiger partial charge in [-0.3, -0.25) is 9.59 Å². The fourth-order valence-electron chi connectivity index (χ4n) is 1.98. The summed E-state index contributed by atoms with van der Waals surface area (Å²) in [6.07, 6.45) is 4.52. The van der Waals surface area contributed by atoms with Crippen LogP contribution in [0.3, 0.4) is 0 Å². The summed E-state index contributed by atoms with van der Waals surface area (Å²) in [7, 11) is 1.55. The largest absolute Gasteiger partial charge is 0.496 e. The minimum atomic E-state index is -0.434. The molecule has 0 unspecified atom stereocenters. The summed E-state index contributed by atoms with van der Waals surface area (Å²) in [5, 5.41) is 6.36. The van der Waals surface area contributed by atoms with Crippen molar-refractivity contribution in [3.63, 3.8) is 0 Å². The molecule has 0 saturated heterocycles. The average molecular weight is 416 g/mol. The molecule has 0 heterocycles. The zero-order valence-electron chi connectivity index (χ0n) is 14.1. The highest BCUT2D eigenvalue weighted by Gasteiger charge is 2.03. The molecule has 7 heteroatoms. The predicted molar refractivity (Wildman–Crippen MR) is 105 cm³/mol. The molecule has 6 nitrogen and oxygen atoms in total. The number of halogens is 1. The van der Waals surface area contributed by atoms with Crippen LogP contribution in [0.25, 0.3) is 6.08 Å². The van der Waals surface area contributed by atoms with Gasteiger partial charge >= 0.3 is 0 Å². The number of nitrogens with zero attached hydrogens (tertiary/aromatic N) is 1. The van der Waals surface area contributed by atoms with Crippen LogP contribution < -0.4 is 15.5 Å². The van der Waals surface area contributed by atoms with E-state index in [4.69, 9.17) is 4.74 Å². The summed E-state index contributed by atoms with van der Waals surface area (Å²) in [5.41, 5.74) is 3.96. The average Bonchev–Trinajstić information content (AvgIpc) is 2.66. The van der Waals surface area contributed by atoms with Gasteiger partial charge in [-0.15, -0.1) is 0 Å². The van der Waals surface area contributed by atoms with Gasteiger partial charge in [-0.05, 0) is 29.8 Å². The molecule has 26 heavy (non-hydrogen) atoms. The predicted octanol–water partition coefficient (Wildman–Crippen LogP) is 2.74. The molecule has 2 aromatic carbocycles. The van der Waals surface area contributed by atoms with E-state index in [-0.39, 0.29) is 12.5 Å². The third-order valence-corrected chi connectivity index (χ3v) is 3.73. The Kier molecular flexibility index (Phi) is 7.57. The van der Waals surface area contributed by atoms with Crippen LogP contribution >= 0.6 is 15.9 Å². The number of methoxy groups -OCH3 is 1. The highest BCUT2D eigenvalue weighted by molar-refractivity contribution is 9.10. The summed E-state index contributed by atoms with van der Waals surface area (Å²) >= 11 is 3.36. The SMILES string of the molecule is COc1ccc(Br)cc1/C=N/NC(=O)CNC(=O)/C=C/c1ccccc1. The van der Waals surface area contributed by atoms with Crippen molar-refractivity contribution in [1.29, 1.82) is 0 Å². The van der Waals surface area contributed by atoms with Crippen molar-refractivity contribution in [2.75, 3.05) is 13.7 Å². The molecule has 0 bridgehead atoms. The Morgan fingerprint density at radius 1 is 1.19 bits per heavy atom. The van der Waals surface area contributed by atoms with Gasteiger partial charge < -0.3 is 10.1 Å². The minimum absolute atomic E-state index is 0.176. The highest BCUT2D eigenvalue weighted by atomic mass is 79.9. The molecule has 0 aliphatic rings. The number of rotatable bonds is 7. The molecule has 0 spiro atoms. The van der Waals surface area contributed by atoms with Gasteiger partial charge in [-0.2, -0.15) is 5.10 Å². The Labute approximate surface area is 160 Å². The maximum absolute atomic E-state index is 11.7. The molecule has 0 aromatic heterocycles. The summed E-state index contributed by atoms with van der Waals surface area (Å²) in [4.78, 5) is 23.4. The van der Waals surface area contributed by atoms with Crippen molar-refractivity contribution in [1.82, 2.24) is 10.7 Å². The standard InChI is InChI=1S/C19H18BrN3O3/c1-26-17-9-8-16(20)11-15(17)12-22-23-19(25)13-21-18(24)10-7-14-5-3-2-4-6-14/h2-12H,13H2,1H3,(H,21,24)(H,23,25)/b10-7+,22-12+. The minimum Gasteiger partial charge on any atom is -0.496 e. The van der Waals surface area contributed by atoms with Crippen LogP contribution in [0.5, 0.6) is 5.75 Å². The smallest absolute Gasteiger partial charge is 0.259 e. The monoisotopic (exact) mass is 415 g/mol. The first kappa shape index (κ1) is 19.4. The van der Waals surface area contributed by atoms with Gasteiger partial charge in [0.15, 0.2) is 0 Å². The van der Waals surface area contributed by atoms with Gasteiger partial charge in [0, 0.05) is 16.1 Å². The first-order valence-corrected chi connectivity index (χ1v) is 8.54. The van der Waals surface area contributed by atoms with E-state index in [1.165, 1.54) is 12.3 Å². The van der Waals surface area contributed by atoms with Crippen LogP contribution in [0.1, 0.15) is 11.1 Å². The van der Waals surface area contributed by atoms with E-state index in [9.17, 15) is 9.59 Å². The van der Waals surface area contributed by atoms with E-state index in [1.807, 2.05) is 42.5 Å². The second kappa shape index (κ2) is 10.1. The Hall–Kier alpha value is -2.93. The van der Waals surface area contributed by atoms with Crippen molar-refractivity contribution in [3.8, 4) is 5.75 Å². The van der Waals surface area contributed by atoms with Crippen molar-refractivity contribution in [2.45, 2.75) is 0 Å². The third-order valence-electron chi connectivity index (χ3n) is 3.23. The Balaban J connectivity index is 1.79. The fourth-order valence-corrected chi connectivity index (χ4v) is 2.36. The molecular weight excluding hydrogens is 398 g/mol. The summed E-state index contributed by atoms with van der Waals surface area (Å²) in [6, 6.07) is 14.8. The van der Waals surface area contributed by atoms with Gasteiger partial charge in [0.25, 0.3) is 5.91 Å². The van der Waals surface area contributed by atoms with Crippen LogP contribution in [0, 0.1) is 0 Å². The van der Waals surface area contributed by atoms with Crippen molar-refractivity contribution in [2.24, 2.45) is 5.10 Å². The summed E-state index contributed by atoms with van der Waals surface area (Å²) in [6.45, 7) is -0.176. The number of carbonyl (C=O) groups is 2. The molecule has 0 aliphatic carbocycles. The number of ether oxygens (including phenoxy) is 1. The number of carbonyl (C=O) groups excluding carboxylic acids is 2. The van der Waals surface area contributed by atoms with Crippen molar-refractivity contribution >= 4 is 40.0 Å². The molecule has 2 rings (SSSR count). The molecule has 0 radical (unpaired) electrons. The van der Waals surface area contributed by atoms with E-state index >= 15 is 0 Å². The lowest BCUT2D eigenvalue weighted by Crippen LogP contribution is -2.34. The van der Waals surface area contributed by atoms with E-state index in [1.54, 1.807) is 19.3 Å². The van der Waals surface area contributed by atoms with Gasteiger partial charge in [0.2, 0.25) is 5.91 Å². The van der Waals surface area contributed by atoms with Crippen molar-refractivity contribution < 1.29 is 14.3 Å². The first-order chi connectivity index (χ1) is 12.6. The van der Waals surface area contributed by atoms with Gasteiger partial charge in [0.1, 0.15) is 5.75 Å². The number of amides is 2. The summed E-state index contributed by atoms with van der Waals surface area (Å²) < 4.78 is 6.08. The molecule has 0 aliphatic heterocycles. The Morgan fingerprint density at radius 3 is 2.69 bits per heavy atom. The molecule has 2 N–H and O–H groups in total. The van der Waals surface area contributed by atoms with Crippen LogP contribution in [-0.4, -0.2) is 31.7 Å². The second-order valence-electron chi connectivity index (χ2n) is 5.14. The fraction of sp³-hybridized carbons (Fsp3) is 0.105. The van der Waals surface area contributed by atoms with Gasteiger partial charge in [-0.1, -0.05) is 46.3 Å². The number of hydrogen-bond donors (Lipinski definition) is 2. The molecule has 2 amide bonds. The Morgan fingerprint density at radius 2 is 1.96 bits per heavy atom. The Bertz CT molecular complexity index is 820. The highest BCUT2D eigenvalue weighted by Crippen LogP contribution is 2.21. The van der Waals surface area contributed by atoms with E-state index in [0.717, 1.165) is 10.0 Å². The topological polar surface area (TPSA) is 79.8 Å². The van der Waals surface area contributed by atoms with E-state index in [0.29, 0.717) is 11.3 Å². The van der Waals surface area contributed by atoms with Gasteiger partial charge in [-0.25, -0.2) is 5.43 Å². The molecular formula is C19H18BrN3O3. The van der Waals surface area contributed by atoms with E-state index in [2.05, 4.69) is 31.8 Å². The van der Waals surface area contributed by atoms with Crippen LogP contribution in [0.2, 0.25) is 0 Å². The lowest BCUT2D eigenvalue weighted by molar-refractivity contribution is -0.123. The normalized spacial score (nSPS) is 10.8. The van der Waals surface area contributed by atoms with Crippen LogP contribution in [0.4, 0.5) is 0 Å². The molecule has 0 fully saturated rings. The third kappa shape index (κ3) is 6.52. The summed E-state index contributed by atoms with van der Waals surface area (Å²) in [5.74, 6) is -0.163. The lowest BCUT2D eigenvalue weighted by Gasteiger charge is -2.05. The molecule has 0 atom stereocenters. The molecule has 134 valence electrons. The zero-order valence-corrected chi connectivity index (χ0v) is 15.7. The second-order valence-corrected chi connectivity index (χ2v) is 6.06. The number of hydrazone groups is 1. The maximum atomic E-state index is 11.7. The quantitative estimate of drug-likeness (QED) is 0.414. The number of hydrogen-bond acceptors (Lipinski definition) is 4. The van der Waals surface area contributed by atoms with Crippen LogP contribution in [-0.2, 0) is 9.59 Å². The molecule has 0 saturated carbocycles. The van der Waals surface area contributed by atoms with Crippen molar-refractivity contribution in [3.05, 3.63) is 70.2 Å². The van der Waals surface area contributed by atoms with E-state index < -0.39 is 5.91 Å². The maximum Gasteiger partial charge on any atom is 0.259 e. The molecule has 2 aromatic rings. The van der Waals surface area contributed by atoms with Gasteiger partial charge in [0.05, 0.1) is 19.9 Å². The number of benzene rings is 2. The number of nitrogens with one attached hydrogen (secondary N) is 2. The first-order valence-electron chi connectivity index (χ1n) is 7.75. The van der Waals surface area contributed by atoms with Crippen LogP contribution in [0.15, 0.2) is 64.2 Å². The zero-order chi connectivity index (χ0) is 18.8.